The molecule has 1 atom stereocenters. The van der Waals surface area contributed by atoms with Crippen molar-refractivity contribution in [2.75, 3.05) is 7.05 Å². The maximum Gasteiger partial charge on any atom is 0.437 e. The summed E-state index contributed by atoms with van der Waals surface area (Å²) in [7, 11) is 1.64. The van der Waals surface area contributed by atoms with E-state index in [2.05, 4.69) is 9.68 Å². The number of likely N-dealkylation sites (tertiary alicyclic amines) is 1. The Balaban J connectivity index is 2.35. The zero-order chi connectivity index (χ0) is 13.3. The van der Waals surface area contributed by atoms with Gasteiger partial charge >= 0.3 is 6.18 Å². The molecule has 0 saturated carbocycles. The minimum atomic E-state index is -4.52. The number of halogens is 3. The van der Waals surface area contributed by atoms with E-state index in [4.69, 9.17) is 5.41 Å². The van der Waals surface area contributed by atoms with Gasteiger partial charge in [-0.25, -0.2) is 0 Å². The van der Waals surface area contributed by atoms with Gasteiger partial charge in [0, 0.05) is 19.0 Å². The molecule has 1 fully saturated rings. The highest BCUT2D eigenvalue weighted by Gasteiger charge is 2.40. The Bertz CT molecular complexity index is 441. The second-order valence-corrected chi connectivity index (χ2v) is 4.44. The zero-order valence-electron chi connectivity index (χ0n) is 9.92. The van der Waals surface area contributed by atoms with Crippen molar-refractivity contribution in [1.82, 2.24) is 10.1 Å². The van der Waals surface area contributed by atoms with Crippen molar-refractivity contribution in [1.29, 1.82) is 5.41 Å². The van der Waals surface area contributed by atoms with Crippen molar-refractivity contribution in [3.05, 3.63) is 17.5 Å². The molecule has 1 aromatic heterocycles. The minimum absolute atomic E-state index is 0.0247. The second-order valence-electron chi connectivity index (χ2n) is 4.44. The van der Waals surface area contributed by atoms with Gasteiger partial charge in [-0.3, -0.25) is 5.41 Å². The minimum Gasteiger partial charge on any atom is -0.364 e. The first-order valence-corrected chi connectivity index (χ1v) is 5.73. The SMILES string of the molecule is CN1C(=N)CCCCC1c1conc1C(F)(F)F. The van der Waals surface area contributed by atoms with Crippen molar-refractivity contribution in [3.8, 4) is 0 Å². The Morgan fingerprint density at radius 3 is 2.83 bits per heavy atom. The topological polar surface area (TPSA) is 53.1 Å². The summed E-state index contributed by atoms with van der Waals surface area (Å²) in [5.74, 6) is 0.354. The molecule has 0 aliphatic carbocycles. The van der Waals surface area contributed by atoms with Gasteiger partial charge in [0.05, 0.1) is 11.9 Å². The lowest BCUT2D eigenvalue weighted by Gasteiger charge is -2.27. The Hall–Kier alpha value is -1.53. The van der Waals surface area contributed by atoms with E-state index >= 15 is 0 Å². The summed E-state index contributed by atoms with van der Waals surface area (Å²) < 4.78 is 42.8. The third kappa shape index (κ3) is 2.34. The summed E-state index contributed by atoms with van der Waals surface area (Å²) in [5.41, 5.74) is -0.953. The molecule has 1 saturated heterocycles. The van der Waals surface area contributed by atoms with Crippen molar-refractivity contribution in [2.24, 2.45) is 0 Å². The molecule has 4 nitrogen and oxygen atoms in total. The fraction of sp³-hybridized carbons (Fsp3) is 0.636. The Kier molecular flexibility index (Phi) is 3.32. The normalized spacial score (nSPS) is 22.1. The van der Waals surface area contributed by atoms with E-state index in [1.54, 1.807) is 11.9 Å². The molecule has 1 unspecified atom stereocenters. The molecular formula is C11H14F3N3O. The van der Waals surface area contributed by atoms with Gasteiger partial charge in [-0.1, -0.05) is 11.6 Å². The van der Waals surface area contributed by atoms with Crippen LogP contribution in [0.3, 0.4) is 0 Å². The molecule has 0 bridgehead atoms. The Labute approximate surface area is 102 Å². The predicted octanol–water partition coefficient (Wildman–Crippen LogP) is 3.22. The molecule has 1 N–H and O–H groups in total. The summed E-state index contributed by atoms with van der Waals surface area (Å²) >= 11 is 0. The molecule has 0 radical (unpaired) electrons. The maximum absolute atomic E-state index is 12.8. The van der Waals surface area contributed by atoms with E-state index in [1.165, 1.54) is 0 Å². The highest BCUT2D eigenvalue weighted by molar-refractivity contribution is 5.79. The van der Waals surface area contributed by atoms with Crippen molar-refractivity contribution in [3.63, 3.8) is 0 Å². The smallest absolute Gasteiger partial charge is 0.364 e. The number of nitrogens with zero attached hydrogens (tertiary/aromatic N) is 2. The Morgan fingerprint density at radius 1 is 1.44 bits per heavy atom. The summed E-state index contributed by atoms with van der Waals surface area (Å²) in [6, 6.07) is -0.483. The largest absolute Gasteiger partial charge is 0.437 e. The van der Waals surface area contributed by atoms with Crippen LogP contribution in [0, 0.1) is 5.41 Å². The molecule has 1 aliphatic rings. The number of hydrogen-bond donors (Lipinski definition) is 1. The zero-order valence-corrected chi connectivity index (χ0v) is 9.92. The van der Waals surface area contributed by atoms with Crippen LogP contribution < -0.4 is 0 Å². The molecule has 2 rings (SSSR count). The number of rotatable bonds is 1. The van der Waals surface area contributed by atoms with Gasteiger partial charge in [-0.2, -0.15) is 13.2 Å². The fourth-order valence-electron chi connectivity index (χ4n) is 2.25. The summed E-state index contributed by atoms with van der Waals surface area (Å²) in [6.07, 6.45) is -0.685. The van der Waals surface area contributed by atoms with E-state index in [9.17, 15) is 13.2 Å². The number of alkyl halides is 3. The van der Waals surface area contributed by atoms with Crippen molar-refractivity contribution in [2.45, 2.75) is 37.9 Å². The monoisotopic (exact) mass is 261 g/mol. The number of nitrogens with one attached hydrogen (secondary N) is 1. The first kappa shape index (κ1) is 12.9. The quantitative estimate of drug-likeness (QED) is 0.844. The highest BCUT2D eigenvalue weighted by Crippen LogP contribution is 2.38. The summed E-state index contributed by atoms with van der Waals surface area (Å²) in [6.45, 7) is 0. The van der Waals surface area contributed by atoms with Gasteiger partial charge in [0.2, 0.25) is 0 Å². The molecular weight excluding hydrogens is 247 g/mol. The highest BCUT2D eigenvalue weighted by atomic mass is 19.4. The predicted molar refractivity (Wildman–Crippen MR) is 58.2 cm³/mol. The first-order valence-electron chi connectivity index (χ1n) is 5.73. The number of aromatic nitrogens is 1. The van der Waals surface area contributed by atoms with Crippen molar-refractivity contribution >= 4 is 5.84 Å². The van der Waals surface area contributed by atoms with E-state index in [0.717, 1.165) is 19.1 Å². The van der Waals surface area contributed by atoms with Gasteiger partial charge in [0.25, 0.3) is 0 Å². The average Bonchev–Trinajstić information content (AvgIpc) is 2.70. The summed E-state index contributed by atoms with van der Waals surface area (Å²) in [4.78, 5) is 1.58. The third-order valence-corrected chi connectivity index (χ3v) is 3.26. The Morgan fingerprint density at radius 2 is 2.17 bits per heavy atom. The van der Waals surface area contributed by atoms with Crippen LogP contribution in [0.5, 0.6) is 0 Å². The van der Waals surface area contributed by atoms with Gasteiger partial charge in [0.1, 0.15) is 6.26 Å². The van der Waals surface area contributed by atoms with Crippen LogP contribution in [0.1, 0.15) is 43.0 Å². The van der Waals surface area contributed by atoms with Crippen molar-refractivity contribution < 1.29 is 17.7 Å². The van der Waals surface area contributed by atoms with Crippen LogP contribution in [0.25, 0.3) is 0 Å². The van der Waals surface area contributed by atoms with Gasteiger partial charge < -0.3 is 9.42 Å². The van der Waals surface area contributed by atoms with E-state index in [0.29, 0.717) is 18.7 Å². The van der Waals surface area contributed by atoms with Crippen LogP contribution in [0.15, 0.2) is 10.8 Å². The van der Waals surface area contributed by atoms with Crippen LogP contribution >= 0.6 is 0 Å². The lowest BCUT2D eigenvalue weighted by molar-refractivity contribution is -0.143. The lowest BCUT2D eigenvalue weighted by atomic mass is 10.0. The number of amidine groups is 1. The molecule has 1 aliphatic heterocycles. The molecule has 0 spiro atoms. The standard InChI is InChI=1S/C11H14F3N3O/c1-17-8(4-2-3-5-9(17)15)7-6-18-16-10(7)11(12,13)14/h6,8,15H,2-5H2,1H3. The van der Waals surface area contributed by atoms with Gasteiger partial charge in [-0.15, -0.1) is 0 Å². The second kappa shape index (κ2) is 4.62. The van der Waals surface area contributed by atoms with Gasteiger partial charge in [0.15, 0.2) is 5.69 Å². The summed E-state index contributed by atoms with van der Waals surface area (Å²) in [5, 5.41) is 10.8. The average molecular weight is 261 g/mol. The van der Waals surface area contributed by atoms with E-state index < -0.39 is 17.9 Å². The molecule has 7 heteroatoms. The van der Waals surface area contributed by atoms with E-state index in [-0.39, 0.29) is 5.56 Å². The van der Waals surface area contributed by atoms with Crippen LogP contribution in [-0.4, -0.2) is 22.9 Å². The third-order valence-electron chi connectivity index (χ3n) is 3.26. The van der Waals surface area contributed by atoms with Crippen LogP contribution in [-0.2, 0) is 6.18 Å². The first-order chi connectivity index (χ1) is 8.41. The molecule has 2 heterocycles. The van der Waals surface area contributed by atoms with Crippen LogP contribution in [0.4, 0.5) is 13.2 Å². The maximum atomic E-state index is 12.8. The fourth-order valence-corrected chi connectivity index (χ4v) is 2.25. The molecule has 1 aromatic rings. The molecule has 100 valence electrons. The molecule has 0 amide bonds. The number of hydrogen-bond acceptors (Lipinski definition) is 3. The molecule has 0 aromatic carbocycles. The van der Waals surface area contributed by atoms with Crippen LogP contribution in [0.2, 0.25) is 0 Å². The van der Waals surface area contributed by atoms with E-state index in [1.807, 2.05) is 0 Å². The lowest BCUT2D eigenvalue weighted by Crippen LogP contribution is -2.30. The molecule has 18 heavy (non-hydrogen) atoms. The van der Waals surface area contributed by atoms with Gasteiger partial charge in [-0.05, 0) is 12.8 Å².